The first-order valence-electron chi connectivity index (χ1n) is 7.10. The van der Waals surface area contributed by atoms with E-state index in [0.29, 0.717) is 6.54 Å². The van der Waals surface area contributed by atoms with Gasteiger partial charge in [0.2, 0.25) is 0 Å². The summed E-state index contributed by atoms with van der Waals surface area (Å²) in [6.45, 7) is 12.0. The van der Waals surface area contributed by atoms with E-state index in [4.69, 9.17) is 0 Å². The highest BCUT2D eigenvalue weighted by molar-refractivity contribution is 6.55. The molecule has 0 radical (unpaired) electrons. The van der Waals surface area contributed by atoms with E-state index in [1.54, 1.807) is 0 Å². The Bertz CT molecular complexity index is 634. The van der Waals surface area contributed by atoms with Crippen molar-refractivity contribution < 1.29 is 0 Å². The Kier molecular flexibility index (Phi) is 6.35. The molecule has 21 heavy (non-hydrogen) atoms. The van der Waals surface area contributed by atoms with Gasteiger partial charge in [0.15, 0.2) is 0 Å². The molecular formula is C14H23N3O3Si. The van der Waals surface area contributed by atoms with Gasteiger partial charge in [-0.25, -0.2) is 28.1 Å². The fraction of sp³-hybridized carbons (Fsp3) is 0.500. The average Bonchev–Trinajstić information content (AvgIpc) is 2.43. The molecule has 0 aliphatic heterocycles. The van der Waals surface area contributed by atoms with Crippen LogP contribution in [-0.2, 0) is 19.6 Å². The maximum absolute atomic E-state index is 12.3. The van der Waals surface area contributed by atoms with Crippen molar-refractivity contribution in [1.82, 2.24) is 13.7 Å². The molecule has 116 valence electrons. The van der Waals surface area contributed by atoms with Gasteiger partial charge in [-0.3, -0.25) is 0 Å². The van der Waals surface area contributed by atoms with Gasteiger partial charge >= 0.3 is 17.1 Å². The summed E-state index contributed by atoms with van der Waals surface area (Å²) in [5.74, 6) is 0. The van der Waals surface area contributed by atoms with Crippen LogP contribution in [0.2, 0.25) is 19.1 Å². The first kappa shape index (κ1) is 17.2. The van der Waals surface area contributed by atoms with Crippen molar-refractivity contribution in [3.63, 3.8) is 0 Å². The van der Waals surface area contributed by atoms with Gasteiger partial charge in [0.25, 0.3) is 0 Å². The first-order valence-corrected chi connectivity index (χ1v) is 10.2. The van der Waals surface area contributed by atoms with Gasteiger partial charge in [0, 0.05) is 15.3 Å². The monoisotopic (exact) mass is 309 g/mol. The maximum Gasteiger partial charge on any atom is 0.336 e. The minimum Gasteiger partial charge on any atom is -0.247 e. The predicted molar refractivity (Wildman–Crippen MR) is 87.9 cm³/mol. The SMILES string of the molecule is C=CCn1c(=O)n(CC=C)c(=O)n(CCC[SiH](C)C)c1=O. The molecule has 0 amide bonds. The molecule has 0 aliphatic rings. The van der Waals surface area contributed by atoms with Gasteiger partial charge in [-0.05, 0) is 6.42 Å². The Balaban J connectivity index is 3.37. The molecule has 6 nitrogen and oxygen atoms in total. The Morgan fingerprint density at radius 3 is 1.71 bits per heavy atom. The zero-order chi connectivity index (χ0) is 16.0. The van der Waals surface area contributed by atoms with Crippen LogP contribution in [0.15, 0.2) is 39.7 Å². The van der Waals surface area contributed by atoms with E-state index in [1.807, 2.05) is 0 Å². The predicted octanol–water partition coefficient (Wildman–Crippen LogP) is 0.420. The topological polar surface area (TPSA) is 66.0 Å². The van der Waals surface area contributed by atoms with E-state index in [0.717, 1.165) is 26.2 Å². The van der Waals surface area contributed by atoms with Gasteiger partial charge in [-0.1, -0.05) is 31.3 Å². The third kappa shape index (κ3) is 4.04. The third-order valence-corrected chi connectivity index (χ3v) is 4.73. The van der Waals surface area contributed by atoms with Crippen LogP contribution in [0.1, 0.15) is 6.42 Å². The van der Waals surface area contributed by atoms with Gasteiger partial charge in [-0.15, -0.1) is 13.2 Å². The standard InChI is InChI=1S/C14H23N3O3Si/c1-5-8-15-12(18)16(9-6-2)14(20)17(13(15)19)10-7-11-21(3)4/h5-6,21H,1-2,7-11H2,3-4H3. The van der Waals surface area contributed by atoms with Crippen molar-refractivity contribution in [2.75, 3.05) is 0 Å². The highest BCUT2D eigenvalue weighted by atomic mass is 28.3. The lowest BCUT2D eigenvalue weighted by Crippen LogP contribution is -2.54. The summed E-state index contributed by atoms with van der Waals surface area (Å²) < 4.78 is 3.21. The number of aromatic nitrogens is 3. The van der Waals surface area contributed by atoms with Crippen molar-refractivity contribution >= 4 is 8.80 Å². The minimum atomic E-state index is -0.729. The summed E-state index contributed by atoms with van der Waals surface area (Å²) in [4.78, 5) is 36.7. The third-order valence-electron chi connectivity index (χ3n) is 3.17. The average molecular weight is 309 g/mol. The lowest BCUT2D eigenvalue weighted by molar-refractivity contribution is 0.475. The van der Waals surface area contributed by atoms with Crippen LogP contribution in [0.5, 0.6) is 0 Å². The van der Waals surface area contributed by atoms with E-state index < -0.39 is 25.9 Å². The van der Waals surface area contributed by atoms with Crippen molar-refractivity contribution in [3.8, 4) is 0 Å². The summed E-state index contributed by atoms with van der Waals surface area (Å²) >= 11 is 0. The molecule has 0 aromatic carbocycles. The van der Waals surface area contributed by atoms with Crippen LogP contribution in [0, 0.1) is 0 Å². The molecule has 0 fully saturated rings. The van der Waals surface area contributed by atoms with Crippen molar-refractivity contribution in [1.29, 1.82) is 0 Å². The summed E-state index contributed by atoms with van der Waals surface area (Å²) in [6.07, 6.45) is 3.72. The van der Waals surface area contributed by atoms with Crippen molar-refractivity contribution in [2.24, 2.45) is 0 Å². The highest BCUT2D eigenvalue weighted by Gasteiger charge is 2.13. The number of hydrogen-bond donors (Lipinski definition) is 0. The Morgan fingerprint density at radius 2 is 1.33 bits per heavy atom. The molecule has 0 bridgehead atoms. The molecule has 7 heteroatoms. The quantitative estimate of drug-likeness (QED) is 0.516. The molecule has 0 atom stereocenters. The molecule has 0 spiro atoms. The van der Waals surface area contributed by atoms with Crippen molar-refractivity contribution in [2.45, 2.75) is 45.2 Å². The Hall–Kier alpha value is -1.89. The smallest absolute Gasteiger partial charge is 0.247 e. The van der Waals surface area contributed by atoms with E-state index in [1.165, 1.54) is 12.2 Å². The molecule has 0 saturated heterocycles. The summed E-state index contributed by atoms with van der Waals surface area (Å²) in [5.41, 5.74) is -1.73. The molecule has 1 aromatic rings. The summed E-state index contributed by atoms with van der Waals surface area (Å²) in [7, 11) is -0.729. The zero-order valence-electron chi connectivity index (χ0n) is 12.7. The number of hydrogen-bond acceptors (Lipinski definition) is 3. The van der Waals surface area contributed by atoms with E-state index in [2.05, 4.69) is 26.3 Å². The van der Waals surface area contributed by atoms with E-state index in [9.17, 15) is 14.4 Å². The number of nitrogens with zero attached hydrogens (tertiary/aromatic N) is 3. The minimum absolute atomic E-state index is 0.0913. The van der Waals surface area contributed by atoms with Crippen LogP contribution in [0.25, 0.3) is 0 Å². The molecular weight excluding hydrogens is 286 g/mol. The van der Waals surface area contributed by atoms with Crippen LogP contribution >= 0.6 is 0 Å². The second-order valence-corrected chi connectivity index (χ2v) is 8.70. The van der Waals surface area contributed by atoms with Crippen molar-refractivity contribution in [3.05, 3.63) is 56.8 Å². The fourth-order valence-corrected chi connectivity index (χ4v) is 3.10. The second kappa shape index (κ2) is 7.77. The Morgan fingerprint density at radius 1 is 0.905 bits per heavy atom. The zero-order valence-corrected chi connectivity index (χ0v) is 13.9. The molecule has 0 aliphatic carbocycles. The van der Waals surface area contributed by atoms with E-state index >= 15 is 0 Å². The summed E-state index contributed by atoms with van der Waals surface area (Å²) in [5, 5.41) is 0. The largest absolute Gasteiger partial charge is 0.336 e. The summed E-state index contributed by atoms with van der Waals surface area (Å²) in [6, 6.07) is 1.05. The first-order chi connectivity index (χ1) is 9.93. The second-order valence-electron chi connectivity index (χ2n) is 5.33. The van der Waals surface area contributed by atoms with E-state index in [-0.39, 0.29) is 13.1 Å². The van der Waals surface area contributed by atoms with Gasteiger partial charge in [0.05, 0.1) is 13.1 Å². The normalized spacial score (nSPS) is 10.8. The number of allylic oxidation sites excluding steroid dienone is 2. The number of rotatable bonds is 8. The lowest BCUT2D eigenvalue weighted by Gasteiger charge is -2.12. The van der Waals surface area contributed by atoms with Crippen LogP contribution in [0.4, 0.5) is 0 Å². The Labute approximate surface area is 125 Å². The van der Waals surface area contributed by atoms with Gasteiger partial charge in [0.1, 0.15) is 0 Å². The lowest BCUT2D eigenvalue weighted by atomic mass is 10.4. The maximum atomic E-state index is 12.3. The highest BCUT2D eigenvalue weighted by Crippen LogP contribution is 1.97. The fourth-order valence-electron chi connectivity index (χ4n) is 2.10. The van der Waals surface area contributed by atoms with Gasteiger partial charge in [-0.2, -0.15) is 0 Å². The molecule has 0 saturated carbocycles. The molecule has 0 unspecified atom stereocenters. The van der Waals surface area contributed by atoms with Crippen LogP contribution in [0.3, 0.4) is 0 Å². The van der Waals surface area contributed by atoms with Crippen LogP contribution < -0.4 is 17.1 Å². The molecule has 0 N–H and O–H groups in total. The molecule has 1 aromatic heterocycles. The molecule has 1 heterocycles. The molecule has 1 rings (SSSR count). The van der Waals surface area contributed by atoms with Crippen LogP contribution in [-0.4, -0.2) is 22.5 Å². The van der Waals surface area contributed by atoms with Gasteiger partial charge < -0.3 is 0 Å².